The molecule has 162 valence electrons. The first-order valence-electron chi connectivity index (χ1n) is 10.1. The zero-order chi connectivity index (χ0) is 21.9. The van der Waals surface area contributed by atoms with Crippen molar-refractivity contribution >= 4 is 9.84 Å². The molecule has 2 aromatic heterocycles. The maximum Gasteiger partial charge on any atom is 0.228 e. The van der Waals surface area contributed by atoms with Crippen molar-refractivity contribution in [3.8, 4) is 0 Å². The molecule has 0 radical (unpaired) electrons. The van der Waals surface area contributed by atoms with Crippen molar-refractivity contribution in [2.45, 2.75) is 45.6 Å². The number of sulfone groups is 1. The molecule has 3 rings (SSSR count). The minimum Gasteiger partial charge on any atom is -0.313 e. The van der Waals surface area contributed by atoms with Crippen LogP contribution in [-0.2, 0) is 36.5 Å². The zero-order valence-electron chi connectivity index (χ0n) is 18.4. The molecule has 7 nitrogen and oxygen atoms in total. The van der Waals surface area contributed by atoms with Crippen molar-refractivity contribution in [1.29, 1.82) is 0 Å². The lowest BCUT2D eigenvalue weighted by Gasteiger charge is -2.19. The van der Waals surface area contributed by atoms with E-state index in [9.17, 15) is 8.42 Å². The van der Waals surface area contributed by atoms with Gasteiger partial charge in [-0.25, -0.2) is 13.4 Å². The minimum atomic E-state index is -3.47. The van der Waals surface area contributed by atoms with Gasteiger partial charge in [0.25, 0.3) is 0 Å². The van der Waals surface area contributed by atoms with Crippen LogP contribution in [0.4, 0.5) is 0 Å². The molecule has 0 aliphatic heterocycles. The predicted octanol–water partition coefficient (Wildman–Crippen LogP) is 3.04. The number of nitrogens with zero attached hydrogens (tertiary/aromatic N) is 5. The van der Waals surface area contributed by atoms with Gasteiger partial charge in [-0.05, 0) is 25.5 Å². The SMILES string of the molecule is Cc1nn(C)cc1CN(C)Cc1cnc(S(=O)(=O)CC(C)C)n1Cc1ccccc1. The van der Waals surface area contributed by atoms with Crippen LogP contribution in [0.25, 0.3) is 0 Å². The number of benzene rings is 1. The van der Waals surface area contributed by atoms with Gasteiger partial charge in [0.1, 0.15) is 0 Å². The molecule has 0 spiro atoms. The van der Waals surface area contributed by atoms with E-state index in [1.54, 1.807) is 6.20 Å². The molecule has 3 aromatic rings. The first-order chi connectivity index (χ1) is 14.2. The molecule has 0 atom stereocenters. The number of imidazole rings is 1. The maximum absolute atomic E-state index is 13.0. The summed E-state index contributed by atoms with van der Waals surface area (Å²) in [6.45, 7) is 7.61. The second kappa shape index (κ2) is 9.14. The average Bonchev–Trinajstić information content (AvgIpc) is 3.18. The van der Waals surface area contributed by atoms with Crippen molar-refractivity contribution in [1.82, 2.24) is 24.2 Å². The number of rotatable bonds is 9. The normalized spacial score (nSPS) is 12.2. The van der Waals surface area contributed by atoms with Crippen LogP contribution in [-0.4, -0.2) is 45.4 Å². The summed E-state index contributed by atoms with van der Waals surface area (Å²) < 4.78 is 29.6. The Morgan fingerprint density at radius 2 is 1.83 bits per heavy atom. The van der Waals surface area contributed by atoms with Gasteiger partial charge < -0.3 is 4.57 Å². The summed E-state index contributed by atoms with van der Waals surface area (Å²) in [5.41, 5.74) is 4.08. The molecule has 0 saturated carbocycles. The zero-order valence-corrected chi connectivity index (χ0v) is 19.2. The van der Waals surface area contributed by atoms with Crippen molar-refractivity contribution in [2.24, 2.45) is 13.0 Å². The van der Waals surface area contributed by atoms with Crippen LogP contribution in [0.3, 0.4) is 0 Å². The van der Waals surface area contributed by atoms with Gasteiger partial charge in [-0.2, -0.15) is 5.10 Å². The van der Waals surface area contributed by atoms with E-state index in [1.807, 2.05) is 80.6 Å². The molecule has 30 heavy (non-hydrogen) atoms. The van der Waals surface area contributed by atoms with Gasteiger partial charge in [0.15, 0.2) is 0 Å². The molecule has 8 heteroatoms. The van der Waals surface area contributed by atoms with Crippen molar-refractivity contribution in [3.05, 3.63) is 65.2 Å². The van der Waals surface area contributed by atoms with E-state index < -0.39 is 9.84 Å². The van der Waals surface area contributed by atoms with Gasteiger partial charge in [0.2, 0.25) is 15.0 Å². The summed E-state index contributed by atoms with van der Waals surface area (Å²) in [5, 5.41) is 4.56. The number of aromatic nitrogens is 4. The lowest BCUT2D eigenvalue weighted by molar-refractivity contribution is 0.308. The minimum absolute atomic E-state index is 0.0385. The monoisotopic (exact) mass is 429 g/mol. The summed E-state index contributed by atoms with van der Waals surface area (Å²) in [5.74, 6) is 0.125. The fraction of sp³-hybridized carbons (Fsp3) is 0.455. The summed E-state index contributed by atoms with van der Waals surface area (Å²) in [7, 11) is 0.469. The van der Waals surface area contributed by atoms with E-state index in [-0.39, 0.29) is 16.8 Å². The molecule has 0 amide bonds. The topological polar surface area (TPSA) is 73.0 Å². The first-order valence-corrected chi connectivity index (χ1v) is 11.8. The number of aryl methyl sites for hydroxylation is 2. The highest BCUT2D eigenvalue weighted by atomic mass is 32.2. The highest BCUT2D eigenvalue weighted by Crippen LogP contribution is 2.20. The third-order valence-corrected chi connectivity index (χ3v) is 6.89. The summed E-state index contributed by atoms with van der Waals surface area (Å²) in [6, 6.07) is 9.90. The van der Waals surface area contributed by atoms with Gasteiger partial charge >= 0.3 is 0 Å². The van der Waals surface area contributed by atoms with E-state index in [1.165, 1.54) is 0 Å². The Morgan fingerprint density at radius 1 is 1.13 bits per heavy atom. The lowest BCUT2D eigenvalue weighted by atomic mass is 10.2. The van der Waals surface area contributed by atoms with Crippen LogP contribution >= 0.6 is 0 Å². The lowest BCUT2D eigenvalue weighted by Crippen LogP contribution is -2.22. The van der Waals surface area contributed by atoms with Crippen molar-refractivity contribution in [3.63, 3.8) is 0 Å². The number of hydrogen-bond donors (Lipinski definition) is 0. The summed E-state index contributed by atoms with van der Waals surface area (Å²) in [6.07, 6.45) is 3.72. The van der Waals surface area contributed by atoms with Crippen LogP contribution in [0, 0.1) is 12.8 Å². The van der Waals surface area contributed by atoms with E-state index in [2.05, 4.69) is 15.0 Å². The smallest absolute Gasteiger partial charge is 0.228 e. The Morgan fingerprint density at radius 3 is 2.43 bits per heavy atom. The molecule has 0 aliphatic carbocycles. The third kappa shape index (κ3) is 5.37. The van der Waals surface area contributed by atoms with Crippen molar-refractivity contribution in [2.75, 3.05) is 12.8 Å². The molecule has 2 heterocycles. The average molecular weight is 430 g/mol. The van der Waals surface area contributed by atoms with Crippen molar-refractivity contribution < 1.29 is 8.42 Å². The van der Waals surface area contributed by atoms with Crippen LogP contribution in [0.2, 0.25) is 0 Å². The molecule has 1 aromatic carbocycles. The number of hydrogen-bond acceptors (Lipinski definition) is 5. The Labute approximate surface area is 179 Å². The second-order valence-corrected chi connectivity index (χ2v) is 10.3. The van der Waals surface area contributed by atoms with Gasteiger partial charge in [-0.15, -0.1) is 0 Å². The standard InChI is InChI=1S/C22H31N5O2S/c1-17(2)16-30(28,29)22-23-11-21(27(22)12-19-9-7-6-8-10-19)15-25(4)13-20-14-26(5)24-18(20)3/h6-11,14,17H,12-13,15-16H2,1-5H3. The van der Waals surface area contributed by atoms with Crippen LogP contribution in [0.15, 0.2) is 47.9 Å². The summed E-state index contributed by atoms with van der Waals surface area (Å²) in [4.78, 5) is 6.50. The molecule has 0 N–H and O–H groups in total. The second-order valence-electron chi connectivity index (χ2n) is 8.36. The summed E-state index contributed by atoms with van der Waals surface area (Å²) >= 11 is 0. The molecule has 0 saturated heterocycles. The van der Waals surface area contributed by atoms with E-state index >= 15 is 0 Å². The largest absolute Gasteiger partial charge is 0.313 e. The quantitative estimate of drug-likeness (QED) is 0.523. The van der Waals surface area contributed by atoms with Gasteiger partial charge in [0.05, 0.1) is 29.9 Å². The maximum atomic E-state index is 13.0. The first kappa shape index (κ1) is 22.2. The van der Waals surface area contributed by atoms with Crippen LogP contribution < -0.4 is 0 Å². The molecule has 0 unspecified atom stereocenters. The van der Waals surface area contributed by atoms with Gasteiger partial charge in [-0.1, -0.05) is 44.2 Å². The van der Waals surface area contributed by atoms with E-state index in [0.29, 0.717) is 13.1 Å². The fourth-order valence-corrected chi connectivity index (χ4v) is 5.40. The Kier molecular flexibility index (Phi) is 6.77. The van der Waals surface area contributed by atoms with Gasteiger partial charge in [0, 0.05) is 31.9 Å². The fourth-order valence-electron chi connectivity index (χ4n) is 3.64. The molecule has 0 aliphatic rings. The Balaban J connectivity index is 1.90. The van der Waals surface area contributed by atoms with E-state index in [0.717, 1.165) is 29.1 Å². The Bertz CT molecular complexity index is 1080. The molecular formula is C22H31N5O2S. The van der Waals surface area contributed by atoms with Gasteiger partial charge in [-0.3, -0.25) is 9.58 Å². The van der Waals surface area contributed by atoms with E-state index in [4.69, 9.17) is 0 Å². The Hall–Kier alpha value is -2.45. The van der Waals surface area contributed by atoms with Crippen LogP contribution in [0.5, 0.6) is 0 Å². The molecule has 0 bridgehead atoms. The highest BCUT2D eigenvalue weighted by molar-refractivity contribution is 7.91. The molecular weight excluding hydrogens is 398 g/mol. The van der Waals surface area contributed by atoms with Crippen LogP contribution in [0.1, 0.15) is 36.4 Å². The predicted molar refractivity (Wildman–Crippen MR) is 118 cm³/mol. The molecule has 0 fully saturated rings. The third-order valence-electron chi connectivity index (χ3n) is 4.90. The highest BCUT2D eigenvalue weighted by Gasteiger charge is 2.25.